The van der Waals surface area contributed by atoms with E-state index in [1.165, 1.54) is 32.3 Å². The molecule has 2 atom stereocenters. The maximum Gasteiger partial charge on any atom is 0.244 e. The molecule has 2 aromatic carbocycles. The van der Waals surface area contributed by atoms with E-state index in [1.54, 1.807) is 37.3 Å². The highest BCUT2D eigenvalue weighted by Crippen LogP contribution is 2.34. The fraction of sp³-hybridized carbons (Fsp3) is 0.462. The number of nitrogens with one attached hydrogen (secondary N) is 1. The van der Waals surface area contributed by atoms with Crippen molar-refractivity contribution in [1.82, 2.24) is 10.2 Å². The third kappa shape index (κ3) is 8.01. The van der Waals surface area contributed by atoms with Crippen molar-refractivity contribution in [3.63, 3.8) is 0 Å². The average molecular weight is 536 g/mol. The van der Waals surface area contributed by atoms with Crippen LogP contribution in [0.5, 0.6) is 17.2 Å². The van der Waals surface area contributed by atoms with E-state index in [2.05, 4.69) is 5.32 Å². The van der Waals surface area contributed by atoms with Gasteiger partial charge in [0.15, 0.2) is 0 Å². The van der Waals surface area contributed by atoms with Crippen molar-refractivity contribution < 1.29 is 32.2 Å². The molecule has 37 heavy (non-hydrogen) atoms. The van der Waals surface area contributed by atoms with Gasteiger partial charge < -0.3 is 24.4 Å². The Kier molecular flexibility index (Phi) is 10.6. The summed E-state index contributed by atoms with van der Waals surface area (Å²) in [5.74, 6) is 0.341. The first-order valence-electron chi connectivity index (χ1n) is 11.9. The second kappa shape index (κ2) is 13.2. The number of nitrogens with zero attached hydrogens (tertiary/aromatic N) is 2. The van der Waals surface area contributed by atoms with Crippen LogP contribution in [0.1, 0.15) is 32.8 Å². The van der Waals surface area contributed by atoms with Gasteiger partial charge in [0, 0.05) is 18.7 Å². The van der Waals surface area contributed by atoms with Crippen LogP contribution in [0, 0.1) is 0 Å². The number of hydrogen-bond donors (Lipinski definition) is 1. The maximum absolute atomic E-state index is 13.7. The Balaban J connectivity index is 2.49. The molecule has 204 valence electrons. The van der Waals surface area contributed by atoms with Gasteiger partial charge in [-0.15, -0.1) is 0 Å². The topological polar surface area (TPSA) is 114 Å². The molecule has 0 bridgehead atoms. The van der Waals surface area contributed by atoms with Crippen LogP contribution in [0.15, 0.2) is 42.5 Å². The number of benzene rings is 2. The standard InChI is InChI=1S/C26H37N3O7S/c1-8-18(2)27-26(31)19(3)28(16-20-10-9-11-21(14-20)34-4)25(30)17-29(37(7,32)33)23-15-22(35-5)12-13-24(23)36-6/h9-15,18-19H,8,16-17H2,1-7H3,(H,27,31). The Morgan fingerprint density at radius 3 is 2.19 bits per heavy atom. The molecular formula is C26H37N3O7S. The van der Waals surface area contributed by atoms with Crippen molar-refractivity contribution >= 4 is 27.5 Å². The number of amides is 2. The number of carbonyl (C=O) groups is 2. The second-order valence-corrected chi connectivity index (χ2v) is 10.6. The smallest absolute Gasteiger partial charge is 0.244 e. The summed E-state index contributed by atoms with van der Waals surface area (Å²) < 4.78 is 42.6. The molecule has 0 saturated heterocycles. The first kappa shape index (κ1) is 29.8. The summed E-state index contributed by atoms with van der Waals surface area (Å²) in [7, 11) is 0.471. The van der Waals surface area contributed by atoms with Crippen LogP contribution in [0.25, 0.3) is 0 Å². The van der Waals surface area contributed by atoms with Crippen molar-refractivity contribution in [3.8, 4) is 17.2 Å². The third-order valence-electron chi connectivity index (χ3n) is 5.99. The van der Waals surface area contributed by atoms with Crippen LogP contribution in [0.4, 0.5) is 5.69 Å². The highest BCUT2D eigenvalue weighted by atomic mass is 32.2. The molecule has 2 amide bonds. The molecule has 1 N–H and O–H groups in total. The molecule has 2 rings (SSSR count). The lowest BCUT2D eigenvalue weighted by atomic mass is 10.1. The number of methoxy groups -OCH3 is 3. The molecule has 0 aliphatic rings. The summed E-state index contributed by atoms with van der Waals surface area (Å²) in [5, 5.41) is 2.90. The van der Waals surface area contributed by atoms with E-state index in [0.717, 1.165) is 22.5 Å². The maximum atomic E-state index is 13.7. The fourth-order valence-corrected chi connectivity index (χ4v) is 4.45. The molecule has 0 spiro atoms. The monoisotopic (exact) mass is 535 g/mol. The van der Waals surface area contributed by atoms with E-state index >= 15 is 0 Å². The lowest BCUT2D eigenvalue weighted by Crippen LogP contribution is -2.52. The van der Waals surface area contributed by atoms with Gasteiger partial charge in [0.25, 0.3) is 0 Å². The van der Waals surface area contributed by atoms with Crippen molar-refractivity contribution in [2.24, 2.45) is 0 Å². The first-order chi connectivity index (χ1) is 17.4. The largest absolute Gasteiger partial charge is 0.497 e. The molecule has 0 aromatic heterocycles. The van der Waals surface area contributed by atoms with Crippen molar-refractivity contribution in [2.45, 2.75) is 45.8 Å². The van der Waals surface area contributed by atoms with Gasteiger partial charge in [-0.25, -0.2) is 8.42 Å². The molecule has 2 unspecified atom stereocenters. The molecule has 0 aliphatic carbocycles. The summed E-state index contributed by atoms with van der Waals surface area (Å²) in [6, 6.07) is 10.8. The number of ether oxygens (including phenoxy) is 3. The third-order valence-corrected chi connectivity index (χ3v) is 7.12. The van der Waals surface area contributed by atoms with Gasteiger partial charge in [0.2, 0.25) is 21.8 Å². The van der Waals surface area contributed by atoms with E-state index in [9.17, 15) is 18.0 Å². The van der Waals surface area contributed by atoms with Crippen molar-refractivity contribution in [1.29, 1.82) is 0 Å². The molecule has 0 fully saturated rings. The van der Waals surface area contributed by atoms with Crippen molar-refractivity contribution in [2.75, 3.05) is 38.4 Å². The van der Waals surface area contributed by atoms with E-state index < -0.39 is 28.5 Å². The van der Waals surface area contributed by atoms with Crippen LogP contribution in [-0.4, -0.2) is 71.3 Å². The van der Waals surface area contributed by atoms with Crippen LogP contribution in [-0.2, 0) is 26.2 Å². The Morgan fingerprint density at radius 1 is 0.973 bits per heavy atom. The van der Waals surface area contributed by atoms with Gasteiger partial charge in [0.1, 0.15) is 29.8 Å². The summed E-state index contributed by atoms with van der Waals surface area (Å²) in [5.41, 5.74) is 0.872. The molecule has 0 saturated carbocycles. The summed E-state index contributed by atoms with van der Waals surface area (Å²) >= 11 is 0. The zero-order valence-electron chi connectivity index (χ0n) is 22.5. The lowest BCUT2D eigenvalue weighted by Gasteiger charge is -2.32. The second-order valence-electron chi connectivity index (χ2n) is 8.67. The molecule has 2 aromatic rings. The van der Waals surface area contributed by atoms with Gasteiger partial charge in [-0.05, 0) is 50.1 Å². The predicted octanol–water partition coefficient (Wildman–Crippen LogP) is 2.81. The predicted molar refractivity (Wildman–Crippen MR) is 143 cm³/mol. The zero-order chi connectivity index (χ0) is 27.8. The molecule has 11 heteroatoms. The quantitative estimate of drug-likeness (QED) is 0.419. The van der Waals surface area contributed by atoms with E-state index in [4.69, 9.17) is 14.2 Å². The highest BCUT2D eigenvalue weighted by Gasteiger charge is 2.31. The van der Waals surface area contributed by atoms with Gasteiger partial charge >= 0.3 is 0 Å². The van der Waals surface area contributed by atoms with Crippen LogP contribution < -0.4 is 23.8 Å². The van der Waals surface area contributed by atoms with Gasteiger partial charge in [0.05, 0.1) is 33.3 Å². The number of rotatable bonds is 13. The number of sulfonamides is 1. The minimum atomic E-state index is -3.93. The first-order valence-corrected chi connectivity index (χ1v) is 13.7. The molecule has 0 heterocycles. The van der Waals surface area contributed by atoms with E-state index in [0.29, 0.717) is 11.5 Å². The highest BCUT2D eigenvalue weighted by molar-refractivity contribution is 7.92. The Bertz CT molecular complexity index is 1190. The Hall–Kier alpha value is -3.47. The van der Waals surface area contributed by atoms with Crippen LogP contribution >= 0.6 is 0 Å². The fourth-order valence-electron chi connectivity index (χ4n) is 3.60. The summed E-state index contributed by atoms with van der Waals surface area (Å²) in [6.07, 6.45) is 1.73. The number of carbonyl (C=O) groups excluding carboxylic acids is 2. The average Bonchev–Trinajstić information content (AvgIpc) is 2.88. The van der Waals surface area contributed by atoms with Crippen molar-refractivity contribution in [3.05, 3.63) is 48.0 Å². The minimum absolute atomic E-state index is 0.0674. The summed E-state index contributed by atoms with van der Waals surface area (Å²) in [4.78, 5) is 28.1. The Labute approximate surface area is 219 Å². The summed E-state index contributed by atoms with van der Waals surface area (Å²) in [6.45, 7) is 4.96. The van der Waals surface area contributed by atoms with E-state index in [1.807, 2.05) is 19.9 Å². The van der Waals surface area contributed by atoms with Gasteiger partial charge in [-0.2, -0.15) is 0 Å². The molecule has 0 radical (unpaired) electrons. The molecule has 10 nitrogen and oxygen atoms in total. The zero-order valence-corrected chi connectivity index (χ0v) is 23.3. The van der Waals surface area contributed by atoms with Gasteiger partial charge in [-0.3, -0.25) is 13.9 Å². The van der Waals surface area contributed by atoms with E-state index in [-0.39, 0.29) is 29.9 Å². The molecule has 0 aliphatic heterocycles. The lowest BCUT2D eigenvalue weighted by molar-refractivity contribution is -0.139. The van der Waals surface area contributed by atoms with Gasteiger partial charge in [-0.1, -0.05) is 19.1 Å². The van der Waals surface area contributed by atoms with Crippen LogP contribution in [0.3, 0.4) is 0 Å². The normalized spacial score (nSPS) is 12.7. The van der Waals surface area contributed by atoms with Crippen LogP contribution in [0.2, 0.25) is 0 Å². The Morgan fingerprint density at radius 2 is 1.62 bits per heavy atom. The number of anilines is 1. The minimum Gasteiger partial charge on any atom is -0.497 e. The number of hydrogen-bond acceptors (Lipinski definition) is 7. The molecular weight excluding hydrogens is 498 g/mol. The SMILES string of the molecule is CCC(C)NC(=O)C(C)N(Cc1cccc(OC)c1)C(=O)CN(c1cc(OC)ccc1OC)S(C)(=O)=O.